The van der Waals surface area contributed by atoms with Gasteiger partial charge in [0.05, 0.1) is 80.7 Å². The maximum Gasteiger partial charge on any atom is 0.212 e. The van der Waals surface area contributed by atoms with Gasteiger partial charge in [0.15, 0.2) is 34.9 Å². The van der Waals surface area contributed by atoms with Crippen LogP contribution in [-0.4, -0.2) is 39.0 Å². The Morgan fingerprint density at radius 3 is 1.05 bits per heavy atom. The van der Waals surface area contributed by atoms with E-state index in [4.69, 9.17) is 43.0 Å². The number of aromatic nitrogens is 8. The Balaban J connectivity index is 0.000000142. The number of nitriles is 2. The minimum Gasteiger partial charge on any atom is -0.318 e. The summed E-state index contributed by atoms with van der Waals surface area (Å²) in [6, 6.07) is 130. The summed E-state index contributed by atoms with van der Waals surface area (Å²) >= 11 is 3.66. The van der Waals surface area contributed by atoms with Crippen molar-refractivity contribution < 1.29 is 0 Å². The van der Waals surface area contributed by atoms with Crippen LogP contribution >= 0.6 is 23.5 Å². The second kappa shape index (κ2) is 28.3. The van der Waals surface area contributed by atoms with Gasteiger partial charge >= 0.3 is 0 Å². The van der Waals surface area contributed by atoms with Crippen LogP contribution in [0.25, 0.3) is 155 Å². The van der Waals surface area contributed by atoms with E-state index in [2.05, 4.69) is 237 Å². The molecule has 0 unspecified atom stereocenters. The lowest BCUT2D eigenvalue weighted by Gasteiger charge is -2.40. The van der Waals surface area contributed by atoms with Crippen molar-refractivity contribution in [2.45, 2.75) is 30.4 Å². The second-order valence-electron chi connectivity index (χ2n) is 30.6. The number of benzene rings is 16. The number of para-hydroxylation sites is 2. The van der Waals surface area contributed by atoms with Gasteiger partial charge in [-0.25, -0.2) is 39.6 Å². The Kier molecular flexibility index (Phi) is 16.5. The fraction of sp³-hybridized carbons (Fsp3) is 0.0185. The molecule has 0 fully saturated rings. The van der Waals surface area contributed by atoms with Crippen LogP contribution in [0.5, 0.6) is 0 Å². The van der Waals surface area contributed by atoms with Gasteiger partial charge in [0.2, 0.25) is 11.4 Å². The molecule has 24 rings (SSSR count). The van der Waals surface area contributed by atoms with Crippen molar-refractivity contribution in [1.29, 1.82) is 10.5 Å². The monoisotopic (exact) mass is 1590 g/mol. The van der Waals surface area contributed by atoms with E-state index in [0.717, 1.165) is 71.4 Å². The minimum absolute atomic E-state index is 0.322. The van der Waals surface area contributed by atoms with Crippen LogP contribution in [0.4, 0.5) is 11.4 Å². The quantitative estimate of drug-likeness (QED) is 0.135. The van der Waals surface area contributed by atoms with Crippen LogP contribution in [0.3, 0.4) is 0 Å². The molecule has 4 aliphatic rings. The van der Waals surface area contributed by atoms with Crippen LogP contribution in [0.1, 0.15) is 55.6 Å². The largest absolute Gasteiger partial charge is 0.318 e. The lowest BCUT2D eigenvalue weighted by Crippen LogP contribution is -2.32. The van der Waals surface area contributed by atoms with Gasteiger partial charge in [-0.3, -0.25) is 0 Å². The molecule has 0 saturated carbocycles. The Morgan fingerprint density at radius 1 is 0.270 bits per heavy atom. The van der Waals surface area contributed by atoms with E-state index in [1.807, 2.05) is 181 Å². The maximum atomic E-state index is 11.1. The standard InChI is InChI=1S/2C54H30N6S/c1-56-45-29-35(53-58-51(33-16-4-2-5-17-33)57-52(59-53)34-18-6-3-7-19-34)28-36(32-55)50(45)60-46-25-13-9-21-38(46)40-30-44-39(31-47(40)60)37-20-8-10-22-41(37)54(44)42-23-11-14-26-48(42)61-49-27-15-12-24-43(49)54;1-56-43-31-35(53-58-51(33-16-4-2-5-17-33)57-52(59-53)34-18-6-3-7-19-34)30-36(32-55)50(43)60-44-25-13-9-21-39(44)48-45(60)29-28-38-37-20-8-10-22-40(37)54(49(38)48)41-23-11-14-26-46(41)61-47-27-15-12-24-42(47)54/h2*2-31H. The molecule has 0 saturated heterocycles. The van der Waals surface area contributed by atoms with Crippen LogP contribution in [0.2, 0.25) is 0 Å². The van der Waals surface area contributed by atoms with E-state index in [0.29, 0.717) is 79.9 Å². The topological polar surface area (TPSA) is 144 Å². The smallest absolute Gasteiger partial charge is 0.212 e. The molecule has 564 valence electrons. The molecule has 0 atom stereocenters. The van der Waals surface area contributed by atoms with Gasteiger partial charge in [0, 0.05) is 74.5 Å². The van der Waals surface area contributed by atoms with Gasteiger partial charge in [-0.15, -0.1) is 0 Å². The molecule has 0 N–H and O–H groups in total. The minimum atomic E-state index is -0.616. The fourth-order valence-corrected chi connectivity index (χ4v) is 21.8. The molecule has 0 bridgehead atoms. The van der Waals surface area contributed by atoms with Crippen molar-refractivity contribution >= 4 is 78.5 Å². The first-order valence-electron chi connectivity index (χ1n) is 40.1. The van der Waals surface area contributed by atoms with E-state index >= 15 is 0 Å². The van der Waals surface area contributed by atoms with Crippen molar-refractivity contribution in [2.75, 3.05) is 0 Å². The van der Waals surface area contributed by atoms with Gasteiger partial charge in [0.1, 0.15) is 0 Å². The van der Waals surface area contributed by atoms with E-state index in [1.165, 1.54) is 80.8 Å². The van der Waals surface area contributed by atoms with Crippen molar-refractivity contribution in [3.8, 4) is 114 Å². The Hall–Kier alpha value is -16.2. The summed E-state index contributed by atoms with van der Waals surface area (Å²) < 4.78 is 4.25. The molecular weight excluding hydrogens is 1530 g/mol. The summed E-state index contributed by atoms with van der Waals surface area (Å²) in [6.45, 7) is 17.3. The second-order valence-corrected chi connectivity index (χ2v) is 32.8. The summed E-state index contributed by atoms with van der Waals surface area (Å²) in [5.74, 6) is 2.79. The predicted molar refractivity (Wildman–Crippen MR) is 486 cm³/mol. The van der Waals surface area contributed by atoms with Crippen molar-refractivity contribution in [2.24, 2.45) is 0 Å². The van der Waals surface area contributed by atoms with E-state index in [1.54, 1.807) is 0 Å². The molecule has 6 heterocycles. The average Bonchev–Trinajstić information content (AvgIpc) is 1.50. The number of fused-ring (bicyclic) bond motifs is 25. The summed E-state index contributed by atoms with van der Waals surface area (Å²) in [4.78, 5) is 42.7. The fourth-order valence-electron chi connectivity index (χ4n) is 19.4. The Bertz CT molecular complexity index is 7750. The summed E-state index contributed by atoms with van der Waals surface area (Å²) in [5, 5.41) is 26.4. The van der Waals surface area contributed by atoms with Gasteiger partial charge in [-0.2, -0.15) is 10.5 Å². The first kappa shape index (κ1) is 71.1. The SMILES string of the molecule is [C-]#[N+]c1cc(-c2nc(-c3ccccc3)nc(-c3ccccc3)n2)cc(C#N)c1-n1c2ccccc2c2c3c(ccc21)-c1ccccc1C31c2ccccc2Sc2ccccc21.[C-]#[N+]c1cc(-c2nc(-c3ccccc3)nc(-c3ccccc3)n2)cc(C#N)c1-n1c2ccccc2c2cc3c(cc21)-c1ccccc1C31c2ccccc2Sc2ccccc21. The normalized spacial score (nSPS) is 13.0. The van der Waals surface area contributed by atoms with E-state index in [9.17, 15) is 10.5 Å². The number of hydrogen-bond donors (Lipinski definition) is 0. The molecule has 2 spiro atoms. The molecule has 14 heteroatoms. The molecule has 0 amide bonds. The molecule has 122 heavy (non-hydrogen) atoms. The first-order chi connectivity index (χ1) is 60.3. The zero-order valence-electron chi connectivity index (χ0n) is 64.8. The molecule has 20 aromatic rings. The average molecular weight is 1590 g/mol. The van der Waals surface area contributed by atoms with Crippen LogP contribution < -0.4 is 0 Å². The molecular formula is C108H60N12S2. The van der Waals surface area contributed by atoms with E-state index < -0.39 is 10.8 Å². The Labute approximate surface area is 710 Å². The maximum absolute atomic E-state index is 11.1. The lowest BCUT2D eigenvalue weighted by molar-refractivity contribution is 0.723. The van der Waals surface area contributed by atoms with Crippen LogP contribution in [0, 0.1) is 35.8 Å². The van der Waals surface area contributed by atoms with Crippen molar-refractivity contribution in [3.63, 3.8) is 0 Å². The molecule has 12 nitrogen and oxygen atoms in total. The highest BCUT2D eigenvalue weighted by Crippen LogP contribution is 2.66. The number of rotatable bonds is 8. The highest BCUT2D eigenvalue weighted by molar-refractivity contribution is 7.99. The summed E-state index contributed by atoms with van der Waals surface area (Å²) in [7, 11) is 0. The molecule has 0 radical (unpaired) electrons. The summed E-state index contributed by atoms with van der Waals surface area (Å²) in [6.07, 6.45) is 0. The van der Waals surface area contributed by atoms with Gasteiger partial charge in [-0.05, 0) is 146 Å². The van der Waals surface area contributed by atoms with Crippen LogP contribution in [-0.2, 0) is 10.8 Å². The zero-order valence-corrected chi connectivity index (χ0v) is 66.5. The third-order valence-electron chi connectivity index (χ3n) is 24.3. The van der Waals surface area contributed by atoms with Crippen LogP contribution in [0.15, 0.2) is 384 Å². The molecule has 16 aromatic carbocycles. The van der Waals surface area contributed by atoms with Gasteiger partial charge in [0.25, 0.3) is 0 Å². The van der Waals surface area contributed by atoms with E-state index in [-0.39, 0.29) is 0 Å². The molecule has 2 aliphatic carbocycles. The summed E-state index contributed by atoms with van der Waals surface area (Å²) in [5.41, 5.74) is 24.1. The first-order valence-corrected chi connectivity index (χ1v) is 41.7. The number of hydrogen-bond acceptors (Lipinski definition) is 10. The highest BCUT2D eigenvalue weighted by Gasteiger charge is 2.53. The third kappa shape index (κ3) is 10.7. The van der Waals surface area contributed by atoms with Gasteiger partial charge < -0.3 is 9.13 Å². The zero-order chi connectivity index (χ0) is 81.3. The lowest BCUT2D eigenvalue weighted by atomic mass is 9.66. The third-order valence-corrected chi connectivity index (χ3v) is 26.6. The van der Waals surface area contributed by atoms with Crippen molar-refractivity contribution in [1.82, 2.24) is 39.0 Å². The van der Waals surface area contributed by atoms with Crippen molar-refractivity contribution in [3.05, 3.63) is 442 Å². The molecule has 2 aliphatic heterocycles. The molecule has 4 aromatic heterocycles. The number of nitrogens with zero attached hydrogens (tertiary/aromatic N) is 12. The predicted octanol–water partition coefficient (Wildman–Crippen LogP) is 26.4. The Morgan fingerprint density at radius 2 is 0.615 bits per heavy atom. The van der Waals surface area contributed by atoms with Gasteiger partial charge in [-0.1, -0.05) is 309 Å². The highest BCUT2D eigenvalue weighted by atomic mass is 32.2.